The highest BCUT2D eigenvalue weighted by molar-refractivity contribution is 5.77. The van der Waals surface area contributed by atoms with Crippen LogP contribution in [0.3, 0.4) is 0 Å². The number of hydrogen-bond donors (Lipinski definition) is 1. The van der Waals surface area contributed by atoms with Crippen LogP contribution in [0.4, 0.5) is 8.78 Å². The molecule has 1 unspecified atom stereocenters. The van der Waals surface area contributed by atoms with Crippen LogP contribution in [0.2, 0.25) is 0 Å². The second-order valence-corrected chi connectivity index (χ2v) is 4.40. The van der Waals surface area contributed by atoms with Crippen LogP contribution in [-0.2, 0) is 9.53 Å². The van der Waals surface area contributed by atoms with Crippen LogP contribution in [0.1, 0.15) is 33.6 Å². The summed E-state index contributed by atoms with van der Waals surface area (Å²) < 4.78 is 29.9. The Balaban J connectivity index is 4.86. The van der Waals surface area contributed by atoms with E-state index in [4.69, 9.17) is 10.5 Å². The van der Waals surface area contributed by atoms with Gasteiger partial charge in [-0.2, -0.15) is 0 Å². The van der Waals surface area contributed by atoms with Crippen LogP contribution in [0.5, 0.6) is 0 Å². The van der Waals surface area contributed by atoms with Gasteiger partial charge in [-0.15, -0.1) is 0 Å². The number of hydrogen-bond acceptors (Lipinski definition) is 3. The maximum absolute atomic E-state index is 12.5. The van der Waals surface area contributed by atoms with Gasteiger partial charge in [0.25, 0.3) is 0 Å². The standard InChI is InChI=1S/C11H21F2NO2/c1-4-16-10(15)11(7-14,5-8(2)3)6-9(12)13/h8-9H,4-7,14H2,1-3H3. The van der Waals surface area contributed by atoms with Gasteiger partial charge in [0.2, 0.25) is 6.43 Å². The average Bonchev–Trinajstić information content (AvgIpc) is 2.15. The largest absolute Gasteiger partial charge is 0.466 e. The summed E-state index contributed by atoms with van der Waals surface area (Å²) in [7, 11) is 0. The van der Waals surface area contributed by atoms with Gasteiger partial charge in [-0.25, -0.2) is 8.78 Å². The molecule has 96 valence electrons. The van der Waals surface area contributed by atoms with Crippen molar-refractivity contribution in [3.05, 3.63) is 0 Å². The molecule has 1 atom stereocenters. The number of carbonyl (C=O) groups is 1. The minimum atomic E-state index is -2.55. The predicted octanol–water partition coefficient (Wildman–Crippen LogP) is 2.20. The number of nitrogens with two attached hydrogens (primary N) is 1. The summed E-state index contributed by atoms with van der Waals surface area (Å²) in [6, 6.07) is 0. The van der Waals surface area contributed by atoms with Crippen molar-refractivity contribution in [2.75, 3.05) is 13.2 Å². The molecule has 0 bridgehead atoms. The van der Waals surface area contributed by atoms with Crippen molar-refractivity contribution < 1.29 is 18.3 Å². The number of esters is 1. The molecule has 0 spiro atoms. The molecule has 0 rings (SSSR count). The maximum atomic E-state index is 12.5. The molecule has 16 heavy (non-hydrogen) atoms. The smallest absolute Gasteiger partial charge is 0.313 e. The van der Waals surface area contributed by atoms with Crippen LogP contribution in [0.25, 0.3) is 0 Å². The van der Waals surface area contributed by atoms with Crippen molar-refractivity contribution in [1.82, 2.24) is 0 Å². The molecule has 3 nitrogen and oxygen atoms in total. The van der Waals surface area contributed by atoms with Crippen molar-refractivity contribution in [2.45, 2.75) is 40.0 Å². The van der Waals surface area contributed by atoms with E-state index >= 15 is 0 Å². The Morgan fingerprint density at radius 1 is 1.38 bits per heavy atom. The summed E-state index contributed by atoms with van der Waals surface area (Å²) in [5.41, 5.74) is 4.26. The summed E-state index contributed by atoms with van der Waals surface area (Å²) in [6.45, 7) is 5.47. The Kier molecular flexibility index (Phi) is 6.48. The highest BCUT2D eigenvalue weighted by atomic mass is 19.3. The lowest BCUT2D eigenvalue weighted by molar-refractivity contribution is -0.158. The van der Waals surface area contributed by atoms with Gasteiger partial charge in [0, 0.05) is 13.0 Å². The van der Waals surface area contributed by atoms with Crippen LogP contribution >= 0.6 is 0 Å². The Morgan fingerprint density at radius 3 is 2.25 bits per heavy atom. The van der Waals surface area contributed by atoms with Gasteiger partial charge in [-0.1, -0.05) is 13.8 Å². The van der Waals surface area contributed by atoms with Gasteiger partial charge in [-0.05, 0) is 19.3 Å². The molecule has 0 aliphatic rings. The second kappa shape index (κ2) is 6.78. The van der Waals surface area contributed by atoms with Crippen molar-refractivity contribution in [1.29, 1.82) is 0 Å². The fraction of sp³-hybridized carbons (Fsp3) is 0.909. The summed E-state index contributed by atoms with van der Waals surface area (Å²) in [6.07, 6.45) is -2.75. The molecule has 0 radical (unpaired) electrons. The monoisotopic (exact) mass is 237 g/mol. The summed E-state index contributed by atoms with van der Waals surface area (Å²) >= 11 is 0. The quantitative estimate of drug-likeness (QED) is 0.690. The summed E-state index contributed by atoms with van der Waals surface area (Å²) in [5, 5.41) is 0. The van der Waals surface area contributed by atoms with E-state index in [0.29, 0.717) is 6.42 Å². The van der Waals surface area contributed by atoms with Crippen LogP contribution in [0, 0.1) is 11.3 Å². The zero-order chi connectivity index (χ0) is 12.8. The first-order valence-electron chi connectivity index (χ1n) is 5.53. The minimum Gasteiger partial charge on any atom is -0.466 e. The molecule has 0 aliphatic carbocycles. The van der Waals surface area contributed by atoms with E-state index in [0.717, 1.165) is 0 Å². The number of rotatable bonds is 7. The first-order valence-corrected chi connectivity index (χ1v) is 5.53. The number of ether oxygens (including phenoxy) is 1. The zero-order valence-corrected chi connectivity index (χ0v) is 10.1. The normalized spacial score (nSPS) is 15.2. The van der Waals surface area contributed by atoms with E-state index in [2.05, 4.69) is 0 Å². The van der Waals surface area contributed by atoms with Crippen molar-refractivity contribution in [3.63, 3.8) is 0 Å². The van der Waals surface area contributed by atoms with E-state index in [-0.39, 0.29) is 19.1 Å². The van der Waals surface area contributed by atoms with Crippen LogP contribution < -0.4 is 5.73 Å². The fourth-order valence-corrected chi connectivity index (χ4v) is 1.86. The predicted molar refractivity (Wildman–Crippen MR) is 58.2 cm³/mol. The molecule has 0 fully saturated rings. The molecule has 2 N–H and O–H groups in total. The zero-order valence-electron chi connectivity index (χ0n) is 10.1. The lowest BCUT2D eigenvalue weighted by Crippen LogP contribution is -2.42. The second-order valence-electron chi connectivity index (χ2n) is 4.40. The van der Waals surface area contributed by atoms with E-state index in [1.165, 1.54) is 0 Å². The van der Waals surface area contributed by atoms with Gasteiger partial charge in [-0.3, -0.25) is 4.79 Å². The molecule has 0 amide bonds. The first kappa shape index (κ1) is 15.3. The van der Waals surface area contributed by atoms with Crippen molar-refractivity contribution >= 4 is 5.97 Å². The first-order chi connectivity index (χ1) is 7.38. The molecular weight excluding hydrogens is 216 g/mol. The molecule has 0 saturated heterocycles. The van der Waals surface area contributed by atoms with E-state index < -0.39 is 24.2 Å². The van der Waals surface area contributed by atoms with Gasteiger partial charge in [0.1, 0.15) is 0 Å². The highest BCUT2D eigenvalue weighted by Gasteiger charge is 2.41. The lowest BCUT2D eigenvalue weighted by Gasteiger charge is -2.31. The van der Waals surface area contributed by atoms with Crippen LogP contribution in [0.15, 0.2) is 0 Å². The maximum Gasteiger partial charge on any atom is 0.313 e. The Bertz CT molecular complexity index is 210. The molecule has 5 heteroatoms. The number of alkyl halides is 2. The van der Waals surface area contributed by atoms with E-state index in [9.17, 15) is 13.6 Å². The molecule has 0 aromatic heterocycles. The molecule has 0 aromatic rings. The lowest BCUT2D eigenvalue weighted by atomic mass is 9.77. The Labute approximate surface area is 95.3 Å². The molecular formula is C11H21F2NO2. The SMILES string of the molecule is CCOC(=O)C(CN)(CC(C)C)CC(F)F. The third-order valence-electron chi connectivity index (χ3n) is 2.44. The van der Waals surface area contributed by atoms with Crippen molar-refractivity contribution in [2.24, 2.45) is 17.1 Å². The Hall–Kier alpha value is -0.710. The van der Waals surface area contributed by atoms with Gasteiger partial charge in [0.05, 0.1) is 12.0 Å². The van der Waals surface area contributed by atoms with Gasteiger partial charge in [0.15, 0.2) is 0 Å². The van der Waals surface area contributed by atoms with Gasteiger partial charge >= 0.3 is 5.97 Å². The van der Waals surface area contributed by atoms with Gasteiger partial charge < -0.3 is 10.5 Å². The topological polar surface area (TPSA) is 52.3 Å². The molecule has 0 aliphatic heterocycles. The van der Waals surface area contributed by atoms with E-state index in [1.807, 2.05) is 13.8 Å². The molecule has 0 aromatic carbocycles. The highest BCUT2D eigenvalue weighted by Crippen LogP contribution is 2.33. The fourth-order valence-electron chi connectivity index (χ4n) is 1.86. The number of halogens is 2. The summed E-state index contributed by atoms with van der Waals surface area (Å²) in [4.78, 5) is 11.7. The summed E-state index contributed by atoms with van der Waals surface area (Å²) in [5.74, 6) is -0.488. The van der Waals surface area contributed by atoms with E-state index in [1.54, 1.807) is 6.92 Å². The number of carbonyl (C=O) groups excluding carboxylic acids is 1. The molecule has 0 heterocycles. The molecule has 0 saturated carbocycles. The third-order valence-corrected chi connectivity index (χ3v) is 2.44. The average molecular weight is 237 g/mol. The third kappa shape index (κ3) is 4.43. The minimum absolute atomic E-state index is 0.103. The van der Waals surface area contributed by atoms with Crippen molar-refractivity contribution in [3.8, 4) is 0 Å². The Morgan fingerprint density at radius 2 is 1.94 bits per heavy atom. The van der Waals surface area contributed by atoms with Crippen LogP contribution in [-0.4, -0.2) is 25.5 Å².